The average Bonchev–Trinajstić information content (AvgIpc) is 3.24. The molecule has 33 heavy (non-hydrogen) atoms. The number of unbranched alkanes of at least 4 members (excludes halogenated alkanes) is 1. The van der Waals surface area contributed by atoms with Crippen LogP contribution in [0.15, 0.2) is 5.38 Å². The molecule has 2 rings (SSSR count). The molecule has 1 aromatic rings. The van der Waals surface area contributed by atoms with Gasteiger partial charge in [0.1, 0.15) is 22.8 Å². The van der Waals surface area contributed by atoms with Gasteiger partial charge in [-0.15, -0.1) is 11.3 Å². The molecule has 0 radical (unpaired) electrons. The Morgan fingerprint density at radius 3 is 2.73 bits per heavy atom. The largest absolute Gasteiger partial charge is 0.480 e. The number of urea groups is 1. The molecule has 2 heterocycles. The van der Waals surface area contributed by atoms with Crippen molar-refractivity contribution >= 4 is 35.2 Å². The molecule has 0 unspecified atom stereocenters. The molecule has 12 heteroatoms. The van der Waals surface area contributed by atoms with E-state index < -0.39 is 30.1 Å². The van der Waals surface area contributed by atoms with Crippen LogP contribution in [0.25, 0.3) is 0 Å². The van der Waals surface area contributed by atoms with E-state index in [9.17, 15) is 24.3 Å². The van der Waals surface area contributed by atoms with Gasteiger partial charge in [-0.1, -0.05) is 13.8 Å². The first-order valence-electron chi connectivity index (χ1n) is 11.3. The number of amides is 4. The van der Waals surface area contributed by atoms with Crippen molar-refractivity contribution in [1.29, 1.82) is 0 Å². The van der Waals surface area contributed by atoms with Crippen LogP contribution in [0.3, 0.4) is 0 Å². The predicted octanol–water partition coefficient (Wildman–Crippen LogP) is 1.12. The van der Waals surface area contributed by atoms with E-state index in [1.807, 2.05) is 13.8 Å². The minimum atomic E-state index is -1.14. The summed E-state index contributed by atoms with van der Waals surface area (Å²) >= 11 is 1.29. The van der Waals surface area contributed by atoms with Crippen LogP contribution in [-0.4, -0.2) is 59.1 Å². The first kappa shape index (κ1) is 26.5. The Labute approximate surface area is 197 Å². The van der Waals surface area contributed by atoms with Crippen molar-refractivity contribution in [2.45, 2.75) is 70.5 Å². The van der Waals surface area contributed by atoms with Crippen LogP contribution in [0.2, 0.25) is 0 Å². The fourth-order valence-corrected chi connectivity index (χ4v) is 4.47. The van der Waals surface area contributed by atoms with Gasteiger partial charge in [0, 0.05) is 11.9 Å². The Balaban J connectivity index is 2.12. The van der Waals surface area contributed by atoms with Gasteiger partial charge in [0.05, 0.1) is 6.04 Å². The highest BCUT2D eigenvalue weighted by atomic mass is 32.1. The maximum Gasteiger partial charge on any atom is 0.326 e. The highest BCUT2D eigenvalue weighted by molar-refractivity contribution is 7.09. The molecule has 0 fully saturated rings. The summed E-state index contributed by atoms with van der Waals surface area (Å²) in [7, 11) is 0. The standard InChI is InChI=1S/C21H34N6O5S/c1-12(2)16-19-24-15(11-33-19)17(28)23-10-6-4-7-13(18(29)27-16)25-21(32)26-14(20(30)31)8-3-5-9-22/h11-14,16H,3-10,22H2,1-2H3,(H,23,28)(H,27,29)(H,30,31)(H2,25,26,32)/t13-,14+,16+/m1/s1. The number of carboxylic acid groups (broad SMARTS) is 1. The Bertz CT molecular complexity index is 830. The van der Waals surface area contributed by atoms with Crippen LogP contribution < -0.4 is 27.0 Å². The lowest BCUT2D eigenvalue weighted by Crippen LogP contribution is -2.54. The van der Waals surface area contributed by atoms with E-state index in [1.54, 1.807) is 5.38 Å². The third-order valence-electron chi connectivity index (χ3n) is 5.36. The number of nitrogens with zero attached hydrogens (tertiary/aromatic N) is 1. The molecule has 11 nitrogen and oxygen atoms in total. The molecule has 3 atom stereocenters. The number of carboxylic acids is 1. The zero-order valence-corrected chi connectivity index (χ0v) is 19.9. The molecule has 1 aliphatic heterocycles. The van der Waals surface area contributed by atoms with Gasteiger partial charge in [0.15, 0.2) is 0 Å². The van der Waals surface area contributed by atoms with Crippen molar-refractivity contribution in [3.05, 3.63) is 16.1 Å². The van der Waals surface area contributed by atoms with E-state index in [-0.39, 0.29) is 24.2 Å². The summed E-state index contributed by atoms with van der Waals surface area (Å²) in [4.78, 5) is 53.8. The smallest absolute Gasteiger partial charge is 0.326 e. The summed E-state index contributed by atoms with van der Waals surface area (Å²) in [5.41, 5.74) is 5.76. The Kier molecular flexibility index (Phi) is 10.5. The molecule has 2 bridgehead atoms. The third-order valence-corrected chi connectivity index (χ3v) is 6.29. The van der Waals surface area contributed by atoms with Crippen molar-refractivity contribution in [3.8, 4) is 0 Å². The first-order valence-corrected chi connectivity index (χ1v) is 12.1. The molecule has 7 N–H and O–H groups in total. The highest BCUT2D eigenvalue weighted by Gasteiger charge is 2.29. The van der Waals surface area contributed by atoms with Gasteiger partial charge in [-0.3, -0.25) is 9.59 Å². The molecular formula is C21H34N6O5S. The molecule has 4 amide bonds. The third kappa shape index (κ3) is 8.28. The van der Waals surface area contributed by atoms with Crippen molar-refractivity contribution in [2.24, 2.45) is 11.7 Å². The number of aliphatic carboxylic acids is 1. The number of nitrogens with two attached hydrogens (primary N) is 1. The normalized spacial score (nSPS) is 20.5. The summed E-state index contributed by atoms with van der Waals surface area (Å²) in [6, 6.07) is -3.08. The molecule has 0 saturated heterocycles. The summed E-state index contributed by atoms with van der Waals surface area (Å²) in [5.74, 6) is -1.78. The van der Waals surface area contributed by atoms with Gasteiger partial charge < -0.3 is 32.1 Å². The van der Waals surface area contributed by atoms with Crippen LogP contribution in [0.1, 0.15) is 73.9 Å². The van der Waals surface area contributed by atoms with E-state index in [0.29, 0.717) is 55.9 Å². The average molecular weight is 483 g/mol. The fourth-order valence-electron chi connectivity index (χ4n) is 3.45. The van der Waals surface area contributed by atoms with Crippen LogP contribution in [0, 0.1) is 5.92 Å². The minimum Gasteiger partial charge on any atom is -0.480 e. The Hall–Kier alpha value is -2.73. The second-order valence-corrected chi connectivity index (χ2v) is 9.29. The van der Waals surface area contributed by atoms with E-state index in [4.69, 9.17) is 5.73 Å². The molecule has 0 aliphatic carbocycles. The predicted molar refractivity (Wildman–Crippen MR) is 124 cm³/mol. The Morgan fingerprint density at radius 2 is 2.06 bits per heavy atom. The number of thiazole rings is 1. The lowest BCUT2D eigenvalue weighted by molar-refractivity contribution is -0.139. The maximum atomic E-state index is 13.1. The number of rotatable bonds is 8. The van der Waals surface area contributed by atoms with E-state index in [1.165, 1.54) is 11.3 Å². The topological polar surface area (TPSA) is 176 Å². The van der Waals surface area contributed by atoms with E-state index >= 15 is 0 Å². The van der Waals surface area contributed by atoms with Gasteiger partial charge >= 0.3 is 12.0 Å². The van der Waals surface area contributed by atoms with Crippen LogP contribution >= 0.6 is 11.3 Å². The number of aromatic nitrogens is 1. The molecule has 0 saturated carbocycles. The molecule has 0 aromatic carbocycles. The van der Waals surface area contributed by atoms with E-state index in [0.717, 1.165) is 0 Å². The zero-order valence-electron chi connectivity index (χ0n) is 19.1. The maximum absolute atomic E-state index is 13.1. The van der Waals surface area contributed by atoms with Crippen molar-refractivity contribution < 1.29 is 24.3 Å². The molecule has 0 spiro atoms. The van der Waals surface area contributed by atoms with Crippen LogP contribution in [0.4, 0.5) is 4.79 Å². The van der Waals surface area contributed by atoms with Gasteiger partial charge in [-0.25, -0.2) is 14.6 Å². The lowest BCUT2D eigenvalue weighted by Gasteiger charge is -2.25. The number of carbonyl (C=O) groups excluding carboxylic acids is 3. The molecule has 1 aromatic heterocycles. The lowest BCUT2D eigenvalue weighted by atomic mass is 10.0. The quantitative estimate of drug-likeness (QED) is 0.301. The monoisotopic (exact) mass is 482 g/mol. The first-order chi connectivity index (χ1) is 15.7. The van der Waals surface area contributed by atoms with Gasteiger partial charge in [0.25, 0.3) is 5.91 Å². The number of carbonyl (C=O) groups is 4. The summed E-state index contributed by atoms with van der Waals surface area (Å²) < 4.78 is 0. The highest BCUT2D eigenvalue weighted by Crippen LogP contribution is 2.25. The molecular weight excluding hydrogens is 448 g/mol. The van der Waals surface area contributed by atoms with Gasteiger partial charge in [-0.05, 0) is 51.0 Å². The second kappa shape index (κ2) is 13.1. The van der Waals surface area contributed by atoms with Crippen LogP contribution in [-0.2, 0) is 9.59 Å². The van der Waals surface area contributed by atoms with Gasteiger partial charge in [-0.2, -0.15) is 0 Å². The summed E-state index contributed by atoms with van der Waals surface area (Å²) in [6.07, 6.45) is 3.00. The molecule has 184 valence electrons. The van der Waals surface area contributed by atoms with Crippen LogP contribution in [0.5, 0.6) is 0 Å². The summed E-state index contributed by atoms with van der Waals surface area (Å²) in [6.45, 7) is 4.72. The van der Waals surface area contributed by atoms with Crippen molar-refractivity contribution in [3.63, 3.8) is 0 Å². The number of hydrogen-bond acceptors (Lipinski definition) is 7. The SMILES string of the molecule is CC(C)[C@@H]1NC(=O)[C@H](NC(=O)N[C@@H](CCCCN)C(=O)O)CCCCNC(=O)c2csc1n2. The minimum absolute atomic E-state index is 0.00504. The zero-order chi connectivity index (χ0) is 24.4. The second-order valence-electron chi connectivity index (χ2n) is 8.40. The Morgan fingerprint density at radius 1 is 1.30 bits per heavy atom. The fraction of sp³-hybridized carbons (Fsp3) is 0.667. The van der Waals surface area contributed by atoms with Gasteiger partial charge in [0.2, 0.25) is 5.91 Å². The summed E-state index contributed by atoms with van der Waals surface area (Å²) in [5, 5.41) is 22.5. The number of fused-ring (bicyclic) bond motifs is 2. The molecule has 1 aliphatic rings. The number of hydrogen-bond donors (Lipinski definition) is 6. The van der Waals surface area contributed by atoms with Crippen molar-refractivity contribution in [1.82, 2.24) is 26.3 Å². The van der Waals surface area contributed by atoms with E-state index in [2.05, 4.69) is 26.3 Å². The number of nitrogens with one attached hydrogen (secondary N) is 4. The van der Waals surface area contributed by atoms with Crippen molar-refractivity contribution in [2.75, 3.05) is 13.1 Å².